The van der Waals surface area contributed by atoms with E-state index in [0.29, 0.717) is 0 Å². The van der Waals surface area contributed by atoms with E-state index in [-0.39, 0.29) is 0 Å². The Bertz CT molecular complexity index is 197. The average molecular weight is 160 g/mol. The molecule has 1 aromatic carbocycles. The van der Waals surface area contributed by atoms with Crippen molar-refractivity contribution >= 4 is 0 Å². The lowest BCUT2D eigenvalue weighted by molar-refractivity contribution is 1.16. The third kappa shape index (κ3) is 3.08. The van der Waals surface area contributed by atoms with E-state index >= 15 is 0 Å². The van der Waals surface area contributed by atoms with Gasteiger partial charge in [0, 0.05) is 0 Å². The molecule has 0 nitrogen and oxygen atoms in total. The van der Waals surface area contributed by atoms with Gasteiger partial charge in [-0.05, 0) is 30.7 Å². The first-order chi connectivity index (χ1) is 5.88. The van der Waals surface area contributed by atoms with Gasteiger partial charge in [-0.3, -0.25) is 0 Å². The maximum Gasteiger partial charge on any atom is -0.0128 e. The SMILES string of the molecule is C[CH]C.[CH]1CC1c1ccccc1. The number of benzene rings is 1. The molecule has 0 aliphatic heterocycles. The van der Waals surface area contributed by atoms with E-state index < -0.39 is 0 Å². The van der Waals surface area contributed by atoms with Gasteiger partial charge in [0.1, 0.15) is 0 Å². The quantitative estimate of drug-likeness (QED) is 0.588. The molecular weight excluding hydrogens is 144 g/mol. The second kappa shape index (κ2) is 4.97. The first kappa shape index (κ1) is 9.31. The summed E-state index contributed by atoms with van der Waals surface area (Å²) in [6, 6.07) is 10.6. The standard InChI is InChI=1S/C9H9.C3H7/c1-2-4-8(5-3-1)9-6-7-9;1-3-2/h1-6,9H,7H2;3H,1-2H3. The summed E-state index contributed by atoms with van der Waals surface area (Å²) >= 11 is 0. The Morgan fingerprint density at radius 1 is 1.17 bits per heavy atom. The molecule has 1 aliphatic carbocycles. The van der Waals surface area contributed by atoms with Crippen LogP contribution >= 0.6 is 0 Å². The van der Waals surface area contributed by atoms with Crippen molar-refractivity contribution in [2.24, 2.45) is 0 Å². The molecule has 0 heterocycles. The summed E-state index contributed by atoms with van der Waals surface area (Å²) in [5.74, 6) is 0.784. The molecule has 0 saturated heterocycles. The summed E-state index contributed by atoms with van der Waals surface area (Å²) in [6.07, 6.45) is 5.61. The largest absolute Gasteiger partial charge is 0.0625 e. The summed E-state index contributed by atoms with van der Waals surface area (Å²) in [5.41, 5.74) is 1.47. The van der Waals surface area contributed by atoms with Crippen LogP contribution in [0.3, 0.4) is 0 Å². The van der Waals surface area contributed by atoms with Crippen LogP contribution in [0.4, 0.5) is 0 Å². The molecule has 12 heavy (non-hydrogen) atoms. The smallest absolute Gasteiger partial charge is 0.0128 e. The van der Waals surface area contributed by atoms with Crippen LogP contribution in [-0.4, -0.2) is 0 Å². The lowest BCUT2D eigenvalue weighted by atomic mass is 10.1. The topological polar surface area (TPSA) is 0 Å². The van der Waals surface area contributed by atoms with Gasteiger partial charge in [-0.15, -0.1) is 0 Å². The summed E-state index contributed by atoms with van der Waals surface area (Å²) < 4.78 is 0. The molecular formula is C12H16. The molecule has 0 N–H and O–H groups in total. The zero-order valence-electron chi connectivity index (χ0n) is 7.83. The van der Waals surface area contributed by atoms with E-state index in [4.69, 9.17) is 0 Å². The second-order valence-corrected chi connectivity index (χ2v) is 3.07. The fourth-order valence-electron chi connectivity index (χ4n) is 1.04. The highest BCUT2D eigenvalue weighted by Crippen LogP contribution is 2.38. The normalized spacial score (nSPS) is 14.8. The summed E-state index contributed by atoms with van der Waals surface area (Å²) in [4.78, 5) is 0. The highest BCUT2D eigenvalue weighted by molar-refractivity contribution is 5.28. The Labute approximate surface area is 75.6 Å². The fraction of sp³-hybridized carbons (Fsp3) is 0.333. The number of rotatable bonds is 1. The fourth-order valence-corrected chi connectivity index (χ4v) is 1.04. The van der Waals surface area contributed by atoms with Gasteiger partial charge in [0.15, 0.2) is 0 Å². The Morgan fingerprint density at radius 3 is 2.08 bits per heavy atom. The van der Waals surface area contributed by atoms with Gasteiger partial charge >= 0.3 is 0 Å². The van der Waals surface area contributed by atoms with Crippen molar-refractivity contribution in [1.82, 2.24) is 0 Å². The lowest BCUT2D eigenvalue weighted by Gasteiger charge is -1.92. The van der Waals surface area contributed by atoms with Crippen LogP contribution in [0.15, 0.2) is 30.3 Å². The molecule has 2 radical (unpaired) electrons. The highest BCUT2D eigenvalue weighted by Gasteiger charge is 2.22. The van der Waals surface area contributed by atoms with Crippen LogP contribution in [0.5, 0.6) is 0 Å². The van der Waals surface area contributed by atoms with Crippen molar-refractivity contribution in [3.05, 3.63) is 48.7 Å². The minimum atomic E-state index is 0.784. The monoisotopic (exact) mass is 160 g/mol. The van der Waals surface area contributed by atoms with Crippen LogP contribution in [0.1, 0.15) is 31.7 Å². The van der Waals surface area contributed by atoms with Crippen LogP contribution in [0.25, 0.3) is 0 Å². The van der Waals surface area contributed by atoms with Gasteiger partial charge in [-0.2, -0.15) is 0 Å². The number of hydrogen-bond donors (Lipinski definition) is 0. The molecule has 0 spiro atoms. The van der Waals surface area contributed by atoms with Crippen LogP contribution < -0.4 is 0 Å². The van der Waals surface area contributed by atoms with Crippen molar-refractivity contribution in [3.63, 3.8) is 0 Å². The van der Waals surface area contributed by atoms with Crippen LogP contribution in [-0.2, 0) is 0 Å². The molecule has 0 heteroatoms. The molecule has 0 bridgehead atoms. The van der Waals surface area contributed by atoms with Gasteiger partial charge in [-0.25, -0.2) is 0 Å². The molecule has 0 amide bonds. The summed E-state index contributed by atoms with van der Waals surface area (Å²) in [5, 5.41) is 0. The Hall–Kier alpha value is -0.780. The van der Waals surface area contributed by atoms with E-state index in [1.807, 2.05) is 20.3 Å². The van der Waals surface area contributed by atoms with Gasteiger partial charge in [0.2, 0.25) is 0 Å². The highest BCUT2D eigenvalue weighted by atomic mass is 14.3. The average Bonchev–Trinajstić information content (AvgIpc) is 2.90. The predicted octanol–water partition coefficient (Wildman–Crippen LogP) is 3.61. The van der Waals surface area contributed by atoms with Gasteiger partial charge < -0.3 is 0 Å². The third-order valence-corrected chi connectivity index (χ3v) is 1.70. The van der Waals surface area contributed by atoms with Crippen molar-refractivity contribution < 1.29 is 0 Å². The zero-order valence-corrected chi connectivity index (χ0v) is 7.83. The maximum absolute atomic E-state index is 2.33. The summed E-state index contributed by atoms with van der Waals surface area (Å²) in [7, 11) is 0. The van der Waals surface area contributed by atoms with E-state index in [1.54, 1.807) is 0 Å². The van der Waals surface area contributed by atoms with Crippen LogP contribution in [0, 0.1) is 12.8 Å². The van der Waals surface area contributed by atoms with Crippen molar-refractivity contribution in [2.45, 2.75) is 26.2 Å². The molecule has 1 aromatic rings. The molecule has 64 valence electrons. The third-order valence-electron chi connectivity index (χ3n) is 1.70. The predicted molar refractivity (Wildman–Crippen MR) is 53.7 cm³/mol. The Balaban J connectivity index is 0.000000213. The molecule has 1 fully saturated rings. The Morgan fingerprint density at radius 2 is 1.67 bits per heavy atom. The maximum atomic E-state index is 2.33. The first-order valence-electron chi connectivity index (χ1n) is 4.50. The van der Waals surface area contributed by atoms with Crippen molar-refractivity contribution in [3.8, 4) is 0 Å². The minimum absolute atomic E-state index is 0.784. The molecule has 1 saturated carbocycles. The Kier molecular flexibility index (Phi) is 3.86. The van der Waals surface area contributed by atoms with Gasteiger partial charge in [0.25, 0.3) is 0 Å². The van der Waals surface area contributed by atoms with Crippen molar-refractivity contribution in [1.29, 1.82) is 0 Å². The molecule has 1 aliphatic rings. The number of hydrogen-bond acceptors (Lipinski definition) is 0. The first-order valence-corrected chi connectivity index (χ1v) is 4.50. The van der Waals surface area contributed by atoms with E-state index in [1.165, 1.54) is 12.0 Å². The van der Waals surface area contributed by atoms with Crippen LogP contribution in [0.2, 0.25) is 0 Å². The minimum Gasteiger partial charge on any atom is -0.0625 e. The lowest BCUT2D eigenvalue weighted by Crippen LogP contribution is -1.73. The molecule has 1 unspecified atom stereocenters. The molecule has 0 aromatic heterocycles. The summed E-state index contributed by atoms with van der Waals surface area (Å²) in [6.45, 7) is 4.00. The van der Waals surface area contributed by atoms with Gasteiger partial charge in [0.05, 0.1) is 0 Å². The van der Waals surface area contributed by atoms with E-state index in [2.05, 4.69) is 36.8 Å². The van der Waals surface area contributed by atoms with E-state index in [0.717, 1.165) is 5.92 Å². The van der Waals surface area contributed by atoms with Crippen molar-refractivity contribution in [2.75, 3.05) is 0 Å². The van der Waals surface area contributed by atoms with Gasteiger partial charge in [-0.1, -0.05) is 44.2 Å². The molecule has 1 atom stereocenters. The molecule has 2 rings (SSSR count). The second-order valence-electron chi connectivity index (χ2n) is 3.07. The zero-order chi connectivity index (χ0) is 8.81. The van der Waals surface area contributed by atoms with E-state index in [9.17, 15) is 0 Å².